The van der Waals surface area contributed by atoms with Crippen LogP contribution in [0, 0.1) is 5.92 Å². The first-order valence-corrected chi connectivity index (χ1v) is 5.05. The third kappa shape index (κ3) is 177. The van der Waals surface area contributed by atoms with E-state index in [0.29, 0.717) is 19.4 Å². The van der Waals surface area contributed by atoms with E-state index in [0.717, 1.165) is 5.92 Å². The van der Waals surface area contributed by atoms with Crippen molar-refractivity contribution in [2.75, 3.05) is 0 Å². The van der Waals surface area contributed by atoms with Crippen LogP contribution in [-0.4, -0.2) is 34.7 Å². The zero-order valence-electron chi connectivity index (χ0n) is 11.0. The summed E-state index contributed by atoms with van der Waals surface area (Å²) in [7, 11) is 0. The van der Waals surface area contributed by atoms with Crippen molar-refractivity contribution in [2.24, 2.45) is 5.92 Å². The Kier molecular flexibility index (Phi) is 74.5. The number of unbranched alkanes of at least 4 members (excludes halogenated alkanes) is 2. The Labute approximate surface area is 123 Å². The Morgan fingerprint density at radius 3 is 1.33 bits per heavy atom. The Bertz CT molecular complexity index is 127. The Balaban J connectivity index is -0.0000000477. The molecule has 0 aliphatic carbocycles. The van der Waals surface area contributed by atoms with Gasteiger partial charge in [0.1, 0.15) is 0 Å². The molecule has 6 nitrogen and oxygen atoms in total. The van der Waals surface area contributed by atoms with Gasteiger partial charge in [-0.3, -0.25) is 0 Å². The maximum absolute atomic E-state index is 8.24. The van der Waals surface area contributed by atoms with Crippen molar-refractivity contribution < 1.29 is 51.4 Å². The zero-order valence-corrected chi connectivity index (χ0v) is 12.5. The first-order chi connectivity index (χ1) is 8.01. The molecule has 3 N–H and O–H groups in total. The molecule has 0 fully saturated rings. The minimum absolute atomic E-state index is 0. The molecule has 0 aromatic heterocycles. The van der Waals surface area contributed by atoms with Gasteiger partial charge in [0.05, 0.1) is 0 Å². The minimum Gasteiger partial charge on any atom is -0.665 e. The van der Waals surface area contributed by atoms with E-state index in [1.54, 1.807) is 0 Å². The molecule has 0 saturated carbocycles. The number of rotatable bonds is 4. The molecule has 0 amide bonds. The Hall–Kier alpha value is -0.876. The van der Waals surface area contributed by atoms with E-state index in [1.807, 2.05) is 0 Å². The van der Waals surface area contributed by atoms with Crippen molar-refractivity contribution in [2.45, 2.75) is 46.5 Å². The maximum atomic E-state index is 8.24. The molecule has 105 valence electrons. The first kappa shape index (κ1) is 30.3. The Morgan fingerprint density at radius 2 is 1.17 bits per heavy atom. The quantitative estimate of drug-likeness (QED) is 0.416. The van der Waals surface area contributed by atoms with Gasteiger partial charge in [-0.2, -0.15) is 0 Å². The second kappa shape index (κ2) is 44.3. The van der Waals surface area contributed by atoms with Crippen LogP contribution >= 0.6 is 0 Å². The molecule has 0 aliphatic rings. The van der Waals surface area contributed by atoms with Gasteiger partial charge < -0.3 is 29.7 Å². The van der Waals surface area contributed by atoms with Gasteiger partial charge in [-0.1, -0.05) is 65.9 Å². The monoisotopic (exact) mass is 297 g/mol. The molecular formula is C11H21O6Ti. The molecule has 18 heavy (non-hydrogen) atoms. The summed E-state index contributed by atoms with van der Waals surface area (Å²) in [6, 6.07) is 0. The third-order valence-electron chi connectivity index (χ3n) is 1.39. The fraction of sp³-hybridized carbons (Fsp3) is 0.727. The fourth-order valence-corrected chi connectivity index (χ4v) is 0.803. The fourth-order valence-electron chi connectivity index (χ4n) is 0.803. The molecule has 0 heterocycles. The van der Waals surface area contributed by atoms with Gasteiger partial charge in [-0.25, -0.2) is 0 Å². The molecule has 0 unspecified atom stereocenters. The molecule has 0 rings (SSSR count). The van der Waals surface area contributed by atoms with Crippen LogP contribution < -0.4 is 0 Å². The second-order valence-electron chi connectivity index (χ2n) is 3.16. The first-order valence-electron chi connectivity index (χ1n) is 5.05. The second-order valence-corrected chi connectivity index (χ2v) is 3.16. The molecule has 1 radical (unpaired) electrons. The molecule has 0 spiro atoms. The molecule has 0 saturated heterocycles. The van der Waals surface area contributed by atoms with Crippen molar-refractivity contribution in [1.29, 1.82) is 0 Å². The third-order valence-corrected chi connectivity index (χ3v) is 1.39. The molecular weight excluding hydrogens is 276 g/mol. The molecule has 0 atom stereocenters. The van der Waals surface area contributed by atoms with E-state index in [9.17, 15) is 0 Å². The standard InChI is InChI=1S/C8H18.3CHO2.Ti/c1-4-5-6-7-8(2)3;3*2-1-3;/h8H,4-7H2,1-3H3;3*(H,2,3);/q;3*-1;+3. The van der Waals surface area contributed by atoms with E-state index in [-0.39, 0.29) is 21.7 Å². The average Bonchev–Trinajstić information content (AvgIpc) is 2.21. The minimum atomic E-state index is 0. The largest absolute Gasteiger partial charge is 3.00 e. The molecule has 0 aliphatic heterocycles. The van der Waals surface area contributed by atoms with Crippen molar-refractivity contribution in [3.05, 3.63) is 0 Å². The summed E-state index contributed by atoms with van der Waals surface area (Å²) in [6.07, 6.45) is 5.60. The smallest absolute Gasteiger partial charge is 0.665 e. The Morgan fingerprint density at radius 1 is 0.889 bits per heavy atom. The molecule has 0 bridgehead atoms. The summed E-state index contributed by atoms with van der Waals surface area (Å²) in [5.41, 5.74) is 0. The van der Waals surface area contributed by atoms with Crippen LogP contribution in [0.1, 0.15) is 46.5 Å². The van der Waals surface area contributed by atoms with Gasteiger partial charge in [-0.15, -0.1) is 0 Å². The predicted octanol–water partition coefficient (Wildman–Crippen LogP) is 2.06. The van der Waals surface area contributed by atoms with Gasteiger partial charge in [0.25, 0.3) is 0 Å². The van der Waals surface area contributed by atoms with Crippen LogP contribution in [0.3, 0.4) is 0 Å². The van der Waals surface area contributed by atoms with Gasteiger partial charge in [-0.05, 0) is 5.92 Å². The summed E-state index contributed by atoms with van der Waals surface area (Å²) >= 11 is 0. The summed E-state index contributed by atoms with van der Waals surface area (Å²) < 4.78 is 0. The van der Waals surface area contributed by atoms with Crippen molar-refractivity contribution in [3.8, 4) is 0 Å². The topological polar surface area (TPSA) is 112 Å². The van der Waals surface area contributed by atoms with Crippen molar-refractivity contribution in [3.63, 3.8) is 0 Å². The van der Waals surface area contributed by atoms with Gasteiger partial charge in [0.15, 0.2) is 0 Å². The van der Waals surface area contributed by atoms with Crippen LogP contribution in [0.4, 0.5) is 0 Å². The summed E-state index contributed by atoms with van der Waals surface area (Å²) in [5.74, 6) is 0.904. The van der Waals surface area contributed by atoms with Gasteiger partial charge >= 0.3 is 21.7 Å². The summed E-state index contributed by atoms with van der Waals surface area (Å²) in [6.45, 7) is 8.33. The SMILES string of the molecule is CCCCCC(C)C.O=[C-]O.O=[C-]O.O=[C-]O.[Ti+3]. The van der Waals surface area contributed by atoms with E-state index < -0.39 is 0 Å². The van der Waals surface area contributed by atoms with Crippen molar-refractivity contribution >= 4 is 19.4 Å². The van der Waals surface area contributed by atoms with E-state index >= 15 is 0 Å². The van der Waals surface area contributed by atoms with Gasteiger partial charge in [0, 0.05) is 0 Å². The van der Waals surface area contributed by atoms with Crippen LogP contribution in [0.15, 0.2) is 0 Å². The predicted molar refractivity (Wildman–Crippen MR) is 63.9 cm³/mol. The zero-order chi connectivity index (χ0) is 14.5. The molecule has 0 aromatic rings. The van der Waals surface area contributed by atoms with Crippen molar-refractivity contribution in [1.82, 2.24) is 0 Å². The number of aliphatic hydroxyl groups excluding tert-OH is 3. The average molecular weight is 297 g/mol. The summed E-state index contributed by atoms with van der Waals surface area (Å²) in [4.78, 5) is 24.7. The normalized spacial score (nSPS) is 6.67. The van der Waals surface area contributed by atoms with Crippen LogP contribution in [0.2, 0.25) is 0 Å². The summed E-state index contributed by atoms with van der Waals surface area (Å²) in [5, 5.41) is 20.3. The number of hydrogen-bond donors (Lipinski definition) is 3. The molecule has 0 aromatic carbocycles. The number of hydrogen-bond acceptors (Lipinski definition) is 3. The van der Waals surface area contributed by atoms with Crippen LogP contribution in [0.5, 0.6) is 0 Å². The maximum Gasteiger partial charge on any atom is 3.00 e. The molecule has 7 heteroatoms. The van der Waals surface area contributed by atoms with E-state index in [2.05, 4.69) is 20.8 Å². The van der Waals surface area contributed by atoms with Gasteiger partial charge in [0.2, 0.25) is 0 Å². The van der Waals surface area contributed by atoms with E-state index in [1.165, 1.54) is 25.7 Å². The van der Waals surface area contributed by atoms with Crippen LogP contribution in [0.25, 0.3) is 0 Å². The van der Waals surface area contributed by atoms with Crippen LogP contribution in [-0.2, 0) is 36.1 Å². The van der Waals surface area contributed by atoms with E-state index in [4.69, 9.17) is 29.7 Å².